The Morgan fingerprint density at radius 1 is 1.32 bits per heavy atom. The van der Waals surface area contributed by atoms with Gasteiger partial charge in [-0.1, -0.05) is 38.3 Å². The van der Waals surface area contributed by atoms with Gasteiger partial charge in [0.15, 0.2) is 0 Å². The van der Waals surface area contributed by atoms with Gasteiger partial charge in [-0.2, -0.15) is 0 Å². The van der Waals surface area contributed by atoms with E-state index in [-0.39, 0.29) is 12.0 Å². The van der Waals surface area contributed by atoms with E-state index in [1.807, 2.05) is 31.2 Å². The fraction of sp³-hybridized carbons (Fsp3) is 0.533. The molecule has 0 aliphatic carbocycles. The van der Waals surface area contributed by atoms with Crippen molar-refractivity contribution in [2.24, 2.45) is 0 Å². The lowest BCUT2D eigenvalue weighted by molar-refractivity contribution is -0.144. The second-order valence-corrected chi connectivity index (χ2v) is 5.28. The number of carbonyl (C=O) groups excluding carboxylic acids is 1. The molecule has 1 unspecified atom stereocenters. The zero-order valence-corrected chi connectivity index (χ0v) is 13.2. The van der Waals surface area contributed by atoms with Gasteiger partial charge < -0.3 is 10.1 Å². The van der Waals surface area contributed by atoms with Gasteiger partial charge in [0, 0.05) is 10.2 Å². The Morgan fingerprint density at radius 2 is 2.05 bits per heavy atom. The Morgan fingerprint density at radius 3 is 2.68 bits per heavy atom. The maximum Gasteiger partial charge on any atom is 0.328 e. The molecule has 3 nitrogen and oxygen atoms in total. The molecule has 1 aromatic carbocycles. The Kier molecular flexibility index (Phi) is 7.56. The number of halogens is 1. The van der Waals surface area contributed by atoms with Crippen molar-refractivity contribution in [2.75, 3.05) is 11.9 Å². The summed E-state index contributed by atoms with van der Waals surface area (Å²) in [6, 6.07) is 7.53. The molecular weight excluding hydrogens is 306 g/mol. The van der Waals surface area contributed by atoms with Gasteiger partial charge in [-0.3, -0.25) is 0 Å². The molecule has 0 aromatic heterocycles. The molecule has 106 valence electrons. The predicted octanol–water partition coefficient (Wildman–Crippen LogP) is 4.37. The van der Waals surface area contributed by atoms with Crippen molar-refractivity contribution < 1.29 is 9.53 Å². The first-order valence-corrected chi connectivity index (χ1v) is 7.66. The van der Waals surface area contributed by atoms with Crippen molar-refractivity contribution in [3.63, 3.8) is 0 Å². The SMILES string of the molecule is CCCCCC(Nc1ccccc1Br)C(=O)OCC. The fourth-order valence-corrected chi connectivity index (χ4v) is 2.26. The van der Waals surface area contributed by atoms with Crippen LogP contribution in [0.4, 0.5) is 5.69 Å². The summed E-state index contributed by atoms with van der Waals surface area (Å²) in [6.07, 6.45) is 4.10. The lowest BCUT2D eigenvalue weighted by atomic mass is 10.1. The topological polar surface area (TPSA) is 38.3 Å². The summed E-state index contributed by atoms with van der Waals surface area (Å²) in [4.78, 5) is 12.0. The van der Waals surface area contributed by atoms with Crippen molar-refractivity contribution >= 4 is 27.6 Å². The van der Waals surface area contributed by atoms with E-state index in [9.17, 15) is 4.79 Å². The molecule has 0 bridgehead atoms. The molecule has 0 radical (unpaired) electrons. The van der Waals surface area contributed by atoms with Crippen LogP contribution in [0.5, 0.6) is 0 Å². The average Bonchev–Trinajstić information content (AvgIpc) is 2.40. The van der Waals surface area contributed by atoms with Crippen molar-refractivity contribution in [3.05, 3.63) is 28.7 Å². The Bertz CT molecular complexity index is 395. The van der Waals surface area contributed by atoms with Crippen LogP contribution in [-0.2, 0) is 9.53 Å². The van der Waals surface area contributed by atoms with Crippen molar-refractivity contribution in [3.8, 4) is 0 Å². The van der Waals surface area contributed by atoms with Crippen molar-refractivity contribution in [2.45, 2.75) is 45.6 Å². The number of nitrogens with one attached hydrogen (secondary N) is 1. The summed E-state index contributed by atoms with van der Waals surface area (Å²) in [5.74, 6) is -0.172. The normalized spacial score (nSPS) is 11.9. The largest absolute Gasteiger partial charge is 0.464 e. The van der Waals surface area contributed by atoms with Crippen molar-refractivity contribution in [1.29, 1.82) is 0 Å². The van der Waals surface area contributed by atoms with Gasteiger partial charge in [0.2, 0.25) is 0 Å². The second-order valence-electron chi connectivity index (χ2n) is 4.42. The van der Waals surface area contributed by atoms with Crippen LogP contribution in [0, 0.1) is 0 Å². The van der Waals surface area contributed by atoms with Crippen LogP contribution in [0.25, 0.3) is 0 Å². The lowest BCUT2D eigenvalue weighted by Crippen LogP contribution is -2.31. The standard InChI is InChI=1S/C15H22BrNO2/c1-3-5-6-11-14(15(18)19-4-2)17-13-10-8-7-9-12(13)16/h7-10,14,17H,3-6,11H2,1-2H3. The molecule has 1 rings (SSSR count). The van der Waals surface area contributed by atoms with Gasteiger partial charge >= 0.3 is 5.97 Å². The van der Waals surface area contributed by atoms with E-state index in [1.54, 1.807) is 0 Å². The van der Waals surface area contributed by atoms with Crippen LogP contribution in [0.1, 0.15) is 39.5 Å². The molecular formula is C15H22BrNO2. The van der Waals surface area contributed by atoms with E-state index in [0.29, 0.717) is 6.61 Å². The van der Waals surface area contributed by atoms with Crippen LogP contribution >= 0.6 is 15.9 Å². The maximum absolute atomic E-state index is 12.0. The zero-order chi connectivity index (χ0) is 14.1. The summed E-state index contributed by atoms with van der Waals surface area (Å²) >= 11 is 3.48. The number of hydrogen-bond donors (Lipinski definition) is 1. The summed E-state index contributed by atoms with van der Waals surface area (Å²) in [5.41, 5.74) is 0.928. The monoisotopic (exact) mass is 327 g/mol. The summed E-state index contributed by atoms with van der Waals surface area (Å²) in [7, 11) is 0. The van der Waals surface area contributed by atoms with Crippen LogP contribution in [0.2, 0.25) is 0 Å². The Labute approximate surface area is 123 Å². The van der Waals surface area contributed by atoms with Gasteiger partial charge in [0.25, 0.3) is 0 Å². The third kappa shape index (κ3) is 5.64. The first-order chi connectivity index (χ1) is 9.19. The van der Waals surface area contributed by atoms with Gasteiger partial charge in [-0.05, 0) is 41.4 Å². The van der Waals surface area contributed by atoms with Crippen LogP contribution in [0.3, 0.4) is 0 Å². The minimum absolute atomic E-state index is 0.172. The van der Waals surface area contributed by atoms with Crippen LogP contribution in [-0.4, -0.2) is 18.6 Å². The minimum Gasteiger partial charge on any atom is -0.464 e. The highest BCUT2D eigenvalue weighted by Crippen LogP contribution is 2.23. The van der Waals surface area contributed by atoms with Gasteiger partial charge in [0.1, 0.15) is 6.04 Å². The highest BCUT2D eigenvalue weighted by molar-refractivity contribution is 9.10. The highest BCUT2D eigenvalue weighted by atomic mass is 79.9. The first kappa shape index (κ1) is 16.0. The number of esters is 1. The number of unbranched alkanes of at least 4 members (excludes halogenated alkanes) is 2. The van der Waals surface area contributed by atoms with E-state index in [4.69, 9.17) is 4.74 Å². The molecule has 0 saturated heterocycles. The molecule has 0 amide bonds. The minimum atomic E-state index is -0.273. The smallest absolute Gasteiger partial charge is 0.328 e. The van der Waals surface area contributed by atoms with Crippen molar-refractivity contribution in [1.82, 2.24) is 0 Å². The third-order valence-electron chi connectivity index (χ3n) is 2.87. The molecule has 1 atom stereocenters. The molecule has 0 saturated carbocycles. The maximum atomic E-state index is 12.0. The number of para-hydroxylation sites is 1. The fourth-order valence-electron chi connectivity index (χ4n) is 1.86. The first-order valence-electron chi connectivity index (χ1n) is 6.86. The molecule has 19 heavy (non-hydrogen) atoms. The Balaban J connectivity index is 2.67. The van der Waals surface area contributed by atoms with Gasteiger partial charge in [-0.25, -0.2) is 4.79 Å². The summed E-state index contributed by atoms with van der Waals surface area (Å²) in [5, 5.41) is 3.27. The molecule has 0 heterocycles. The Hall–Kier alpha value is -1.03. The zero-order valence-electron chi connectivity index (χ0n) is 11.6. The molecule has 1 N–H and O–H groups in total. The third-order valence-corrected chi connectivity index (χ3v) is 3.56. The number of carbonyl (C=O) groups is 1. The number of rotatable bonds is 8. The summed E-state index contributed by atoms with van der Waals surface area (Å²) in [6.45, 7) is 4.40. The van der Waals surface area contributed by atoms with E-state index < -0.39 is 0 Å². The summed E-state index contributed by atoms with van der Waals surface area (Å²) < 4.78 is 6.09. The number of ether oxygens (including phenoxy) is 1. The average molecular weight is 328 g/mol. The molecule has 4 heteroatoms. The molecule has 1 aromatic rings. The highest BCUT2D eigenvalue weighted by Gasteiger charge is 2.19. The van der Waals surface area contributed by atoms with Crippen LogP contribution < -0.4 is 5.32 Å². The van der Waals surface area contributed by atoms with E-state index in [1.165, 1.54) is 0 Å². The van der Waals surface area contributed by atoms with Crippen LogP contribution in [0.15, 0.2) is 28.7 Å². The van der Waals surface area contributed by atoms with E-state index >= 15 is 0 Å². The molecule has 0 aliphatic rings. The van der Waals surface area contributed by atoms with Gasteiger partial charge in [0.05, 0.1) is 6.61 Å². The molecule has 0 fully saturated rings. The number of benzene rings is 1. The van der Waals surface area contributed by atoms with E-state index in [0.717, 1.165) is 35.8 Å². The lowest BCUT2D eigenvalue weighted by Gasteiger charge is -2.19. The molecule has 0 spiro atoms. The molecule has 0 aliphatic heterocycles. The van der Waals surface area contributed by atoms with Gasteiger partial charge in [-0.15, -0.1) is 0 Å². The second kappa shape index (κ2) is 8.97. The quantitative estimate of drug-likeness (QED) is 0.569. The number of hydrogen-bond acceptors (Lipinski definition) is 3. The number of anilines is 1. The predicted molar refractivity (Wildman–Crippen MR) is 82.3 cm³/mol. The van der Waals surface area contributed by atoms with E-state index in [2.05, 4.69) is 28.2 Å².